The van der Waals surface area contributed by atoms with E-state index in [-0.39, 0.29) is 35.0 Å². The predicted octanol–water partition coefficient (Wildman–Crippen LogP) is 8.33. The van der Waals surface area contributed by atoms with Gasteiger partial charge in [0.2, 0.25) is 5.91 Å². The highest BCUT2D eigenvalue weighted by atomic mass is 35.5. The predicted molar refractivity (Wildman–Crippen MR) is 166 cm³/mol. The Hall–Kier alpha value is -3.52. The fourth-order valence-electron chi connectivity index (χ4n) is 5.06. The summed E-state index contributed by atoms with van der Waals surface area (Å²) in [7, 11) is 0. The van der Waals surface area contributed by atoms with E-state index in [9.17, 15) is 36.3 Å². The van der Waals surface area contributed by atoms with Crippen LogP contribution in [-0.2, 0) is 20.5 Å². The number of halogens is 9. The van der Waals surface area contributed by atoms with Crippen molar-refractivity contribution in [2.75, 3.05) is 28.7 Å². The molecule has 1 aliphatic rings. The summed E-state index contributed by atoms with van der Waals surface area (Å²) >= 11 is 18.7. The minimum absolute atomic E-state index is 0.0117. The summed E-state index contributed by atoms with van der Waals surface area (Å²) in [5, 5.41) is 4.61. The van der Waals surface area contributed by atoms with Crippen LogP contribution in [0.25, 0.3) is 0 Å². The van der Waals surface area contributed by atoms with Gasteiger partial charge in [-0.2, -0.15) is 13.2 Å². The summed E-state index contributed by atoms with van der Waals surface area (Å²) in [6.07, 6.45) is -6.00. The number of nitrogens with zero attached hydrogens (tertiary/aromatic N) is 1. The number of nitrogens with one attached hydrogen (secondary N) is 2. The number of hydrogen-bond acceptors (Lipinski definition) is 4. The van der Waals surface area contributed by atoms with Crippen LogP contribution in [0.15, 0.2) is 48.5 Å². The fourth-order valence-corrected chi connectivity index (χ4v) is 6.09. The van der Waals surface area contributed by atoms with E-state index in [0.717, 1.165) is 29.2 Å². The van der Waals surface area contributed by atoms with Gasteiger partial charge in [-0.15, -0.1) is 23.2 Å². The smallest absolute Gasteiger partial charge is 0.369 e. The zero-order valence-electron chi connectivity index (χ0n) is 24.7. The van der Waals surface area contributed by atoms with Gasteiger partial charge in [-0.3, -0.25) is 14.4 Å². The maximum atomic E-state index is 15.6. The third kappa shape index (κ3) is 7.48. The van der Waals surface area contributed by atoms with Crippen LogP contribution in [0.3, 0.4) is 0 Å². The molecule has 252 valence electrons. The molecule has 0 aromatic heterocycles. The standard InChI is InChI=1S/C31H26Cl3F6N3O4/c1-4-43(29(46)14(3)47-5-2)26-21(36)10-11-22(25(26)37)42-27(44)17-13-16(7-8-19(17)32)41-28(45)24-23(30(24,33)34)15-6-9-20(35)18(12-15)31(38,39)40/h6-14,23-24H,4-5H2,1-3H3,(H,41,45)(H,42,44)/t14?,23-,24+/m0/s1. The van der Waals surface area contributed by atoms with Crippen molar-refractivity contribution in [2.45, 2.75) is 43.3 Å². The van der Waals surface area contributed by atoms with Gasteiger partial charge in [-0.25, -0.2) is 13.2 Å². The molecule has 47 heavy (non-hydrogen) atoms. The second-order valence-corrected chi connectivity index (χ2v) is 12.3. The summed E-state index contributed by atoms with van der Waals surface area (Å²) in [5.74, 6) is -8.70. The summed E-state index contributed by atoms with van der Waals surface area (Å²) < 4.78 is 87.3. The number of likely N-dealkylation sites (N-methyl/N-ethyl adjacent to an activating group) is 1. The molecule has 3 aromatic rings. The van der Waals surface area contributed by atoms with E-state index in [1.54, 1.807) is 6.92 Å². The number of amides is 3. The van der Waals surface area contributed by atoms with E-state index in [1.807, 2.05) is 0 Å². The van der Waals surface area contributed by atoms with Crippen molar-refractivity contribution < 1.29 is 45.5 Å². The minimum atomic E-state index is -5.00. The van der Waals surface area contributed by atoms with Crippen LogP contribution >= 0.6 is 34.8 Å². The average Bonchev–Trinajstić information content (AvgIpc) is 3.58. The molecular weight excluding hydrogens is 699 g/mol. The Balaban J connectivity index is 1.55. The van der Waals surface area contributed by atoms with Gasteiger partial charge >= 0.3 is 6.18 Å². The van der Waals surface area contributed by atoms with Crippen LogP contribution in [0.2, 0.25) is 5.02 Å². The molecule has 3 atom stereocenters. The minimum Gasteiger partial charge on any atom is -0.369 e. The first-order valence-electron chi connectivity index (χ1n) is 14.0. The molecular formula is C31H26Cl3F6N3O4. The maximum Gasteiger partial charge on any atom is 0.419 e. The van der Waals surface area contributed by atoms with Crippen LogP contribution in [0.4, 0.5) is 43.4 Å². The van der Waals surface area contributed by atoms with E-state index in [2.05, 4.69) is 10.6 Å². The Morgan fingerprint density at radius 3 is 2.26 bits per heavy atom. The van der Waals surface area contributed by atoms with Crippen molar-refractivity contribution in [1.29, 1.82) is 0 Å². The second-order valence-electron chi connectivity index (χ2n) is 10.4. The maximum absolute atomic E-state index is 15.6. The van der Waals surface area contributed by atoms with Crippen molar-refractivity contribution in [3.8, 4) is 0 Å². The Morgan fingerprint density at radius 2 is 1.64 bits per heavy atom. The molecule has 0 radical (unpaired) electrons. The molecule has 2 N–H and O–H groups in total. The Bertz CT molecular complexity index is 1720. The number of benzene rings is 3. The average molecular weight is 725 g/mol. The Labute approximate surface area is 280 Å². The molecule has 1 unspecified atom stereocenters. The highest BCUT2D eigenvalue weighted by Crippen LogP contribution is 2.65. The van der Waals surface area contributed by atoms with Crippen molar-refractivity contribution in [3.63, 3.8) is 0 Å². The molecule has 1 saturated carbocycles. The van der Waals surface area contributed by atoms with Crippen molar-refractivity contribution in [3.05, 3.63) is 87.7 Å². The van der Waals surface area contributed by atoms with Crippen LogP contribution < -0.4 is 15.5 Å². The summed E-state index contributed by atoms with van der Waals surface area (Å²) in [4.78, 5) is 39.9. The molecule has 4 rings (SSSR count). The molecule has 0 spiro atoms. The molecule has 0 aliphatic heterocycles. The van der Waals surface area contributed by atoms with E-state index in [1.165, 1.54) is 26.0 Å². The van der Waals surface area contributed by atoms with Crippen LogP contribution in [-0.4, -0.2) is 41.3 Å². The van der Waals surface area contributed by atoms with Gasteiger partial charge in [0.15, 0.2) is 5.82 Å². The molecule has 0 bridgehead atoms. The molecule has 1 fully saturated rings. The molecule has 16 heteroatoms. The third-order valence-electron chi connectivity index (χ3n) is 7.40. The molecule has 7 nitrogen and oxygen atoms in total. The van der Waals surface area contributed by atoms with Crippen molar-refractivity contribution in [1.82, 2.24) is 0 Å². The van der Waals surface area contributed by atoms with Gasteiger partial charge in [0, 0.05) is 24.8 Å². The molecule has 3 aromatic carbocycles. The lowest BCUT2D eigenvalue weighted by atomic mass is 10.0. The van der Waals surface area contributed by atoms with Gasteiger partial charge in [0.25, 0.3) is 11.8 Å². The molecule has 0 saturated heterocycles. The lowest BCUT2D eigenvalue weighted by Crippen LogP contribution is -2.40. The Morgan fingerprint density at radius 1 is 0.979 bits per heavy atom. The normalized spacial score (nSPS) is 17.5. The van der Waals surface area contributed by atoms with E-state index >= 15 is 4.39 Å². The first-order chi connectivity index (χ1) is 21.9. The van der Waals surface area contributed by atoms with Crippen LogP contribution in [0.5, 0.6) is 0 Å². The molecule has 1 aliphatic carbocycles. The molecule has 0 heterocycles. The zero-order chi connectivity index (χ0) is 35.0. The van der Waals surface area contributed by atoms with Crippen molar-refractivity contribution >= 4 is 69.6 Å². The van der Waals surface area contributed by atoms with E-state index in [0.29, 0.717) is 12.1 Å². The van der Waals surface area contributed by atoms with Gasteiger partial charge in [0.05, 0.1) is 27.8 Å². The number of hydrogen-bond donors (Lipinski definition) is 2. The SMILES string of the molecule is CCOC(C)C(=O)N(CC)c1c(F)ccc(NC(=O)c2cc(NC(=O)[C@H]3[C@H](c4ccc(F)c(C(F)(F)F)c4)C3(Cl)Cl)ccc2Cl)c1F. The number of carbonyl (C=O) groups excluding carboxylic acids is 3. The Kier molecular flexibility index (Phi) is 10.8. The zero-order valence-corrected chi connectivity index (χ0v) is 27.0. The van der Waals surface area contributed by atoms with Crippen LogP contribution in [0, 0.1) is 23.4 Å². The summed E-state index contributed by atoms with van der Waals surface area (Å²) in [5.41, 5.74) is -3.12. The highest BCUT2D eigenvalue weighted by molar-refractivity contribution is 6.53. The topological polar surface area (TPSA) is 87.7 Å². The first-order valence-corrected chi connectivity index (χ1v) is 15.1. The van der Waals surface area contributed by atoms with Crippen LogP contribution in [0.1, 0.15) is 48.2 Å². The van der Waals surface area contributed by atoms with E-state index < -0.39 is 80.6 Å². The van der Waals surface area contributed by atoms with Gasteiger partial charge in [-0.05, 0) is 68.8 Å². The molecule has 3 amide bonds. The quantitative estimate of drug-likeness (QED) is 0.163. The van der Waals surface area contributed by atoms with Gasteiger partial charge < -0.3 is 20.3 Å². The number of ether oxygens (including phenoxy) is 1. The number of alkyl halides is 5. The third-order valence-corrected chi connectivity index (χ3v) is 8.67. The summed E-state index contributed by atoms with van der Waals surface area (Å²) in [6, 6.07) is 7.66. The number of rotatable bonds is 10. The lowest BCUT2D eigenvalue weighted by molar-refractivity contribution is -0.140. The largest absolute Gasteiger partial charge is 0.419 e. The number of anilines is 3. The van der Waals surface area contributed by atoms with E-state index in [4.69, 9.17) is 39.5 Å². The lowest BCUT2D eigenvalue weighted by Gasteiger charge is -2.26. The number of carbonyl (C=O) groups is 3. The summed E-state index contributed by atoms with van der Waals surface area (Å²) in [6.45, 7) is 4.65. The fraction of sp³-hybridized carbons (Fsp3) is 0.323. The monoisotopic (exact) mass is 723 g/mol. The van der Waals surface area contributed by atoms with Gasteiger partial charge in [-0.1, -0.05) is 17.7 Å². The highest BCUT2D eigenvalue weighted by Gasteiger charge is 2.67. The van der Waals surface area contributed by atoms with Crippen molar-refractivity contribution in [2.24, 2.45) is 5.92 Å². The second kappa shape index (κ2) is 13.9. The first kappa shape index (κ1) is 36.3. The van der Waals surface area contributed by atoms with Gasteiger partial charge in [0.1, 0.15) is 27.8 Å².